The first-order valence-electron chi connectivity index (χ1n) is 6.90. The van der Waals surface area contributed by atoms with Crippen LogP contribution in [-0.4, -0.2) is 33.5 Å². The number of nitrogens with two attached hydrogens (primary N) is 1. The number of hydrogen-bond acceptors (Lipinski definition) is 5. The van der Waals surface area contributed by atoms with E-state index in [9.17, 15) is 0 Å². The first-order valence-corrected chi connectivity index (χ1v) is 6.90. The summed E-state index contributed by atoms with van der Waals surface area (Å²) in [5.41, 5.74) is 5.99. The predicted octanol–water partition coefficient (Wildman–Crippen LogP) is 2.36. The maximum atomic E-state index is 6.01. The van der Waals surface area contributed by atoms with Crippen molar-refractivity contribution >= 4 is 0 Å². The first-order chi connectivity index (χ1) is 9.67. The van der Waals surface area contributed by atoms with Gasteiger partial charge in [0.25, 0.3) is 0 Å². The van der Waals surface area contributed by atoms with Crippen LogP contribution < -0.4 is 24.7 Å². The van der Waals surface area contributed by atoms with Gasteiger partial charge < -0.3 is 24.7 Å². The Morgan fingerprint density at radius 3 is 2.15 bits per heavy atom. The predicted molar refractivity (Wildman–Crippen MR) is 77.0 cm³/mol. The van der Waals surface area contributed by atoms with Gasteiger partial charge in [0, 0.05) is 18.2 Å². The van der Waals surface area contributed by atoms with Crippen LogP contribution in [0.5, 0.6) is 23.0 Å². The van der Waals surface area contributed by atoms with Crippen molar-refractivity contribution in [2.45, 2.75) is 37.8 Å². The smallest absolute Gasteiger partial charge is 0.203 e. The number of methoxy groups -OCH3 is 3. The Morgan fingerprint density at radius 1 is 1.00 bits per heavy atom. The molecular weight excluding hydrogens is 258 g/mol. The van der Waals surface area contributed by atoms with E-state index in [1.807, 2.05) is 12.1 Å². The molecule has 20 heavy (non-hydrogen) atoms. The van der Waals surface area contributed by atoms with Crippen molar-refractivity contribution in [2.75, 3.05) is 21.3 Å². The quantitative estimate of drug-likeness (QED) is 0.897. The molecule has 0 amide bonds. The van der Waals surface area contributed by atoms with Crippen molar-refractivity contribution in [2.24, 2.45) is 5.73 Å². The van der Waals surface area contributed by atoms with Crippen LogP contribution in [0.4, 0.5) is 0 Å². The van der Waals surface area contributed by atoms with Crippen molar-refractivity contribution in [3.8, 4) is 23.0 Å². The summed E-state index contributed by atoms with van der Waals surface area (Å²) in [4.78, 5) is 0. The van der Waals surface area contributed by atoms with Crippen molar-refractivity contribution in [3.05, 3.63) is 12.1 Å². The van der Waals surface area contributed by atoms with Crippen LogP contribution in [0.2, 0.25) is 0 Å². The van der Waals surface area contributed by atoms with Gasteiger partial charge in [0.05, 0.1) is 21.3 Å². The average molecular weight is 281 g/mol. The SMILES string of the molecule is COc1cc(OC2CCCC(N)C2)cc(OC)c1OC. The summed E-state index contributed by atoms with van der Waals surface area (Å²) in [6, 6.07) is 3.87. The molecular formula is C15H23NO4. The second-order valence-electron chi connectivity index (χ2n) is 5.03. The minimum absolute atomic E-state index is 0.154. The minimum Gasteiger partial charge on any atom is -0.493 e. The van der Waals surface area contributed by atoms with Gasteiger partial charge in [0.2, 0.25) is 5.75 Å². The van der Waals surface area contributed by atoms with Gasteiger partial charge in [-0.3, -0.25) is 0 Å². The molecule has 0 heterocycles. The van der Waals surface area contributed by atoms with Crippen molar-refractivity contribution in [1.82, 2.24) is 0 Å². The number of benzene rings is 1. The fraction of sp³-hybridized carbons (Fsp3) is 0.600. The maximum Gasteiger partial charge on any atom is 0.203 e. The standard InChI is InChI=1S/C15H23NO4/c1-17-13-8-12(9-14(18-2)15(13)19-3)20-11-6-4-5-10(16)7-11/h8-11H,4-7,16H2,1-3H3. The van der Waals surface area contributed by atoms with Crippen LogP contribution in [0.1, 0.15) is 25.7 Å². The second kappa shape index (κ2) is 6.70. The van der Waals surface area contributed by atoms with E-state index in [1.165, 1.54) is 0 Å². The highest BCUT2D eigenvalue weighted by molar-refractivity contribution is 5.55. The fourth-order valence-corrected chi connectivity index (χ4v) is 2.61. The zero-order valence-electron chi connectivity index (χ0n) is 12.3. The number of rotatable bonds is 5. The summed E-state index contributed by atoms with van der Waals surface area (Å²) in [6.07, 6.45) is 4.26. The first kappa shape index (κ1) is 14.8. The molecule has 1 aliphatic rings. The highest BCUT2D eigenvalue weighted by Crippen LogP contribution is 2.41. The van der Waals surface area contributed by atoms with E-state index < -0.39 is 0 Å². The lowest BCUT2D eigenvalue weighted by Gasteiger charge is -2.27. The molecule has 5 heteroatoms. The molecule has 1 aromatic rings. The molecule has 0 aliphatic heterocycles. The Morgan fingerprint density at radius 2 is 1.65 bits per heavy atom. The fourth-order valence-electron chi connectivity index (χ4n) is 2.61. The molecule has 0 spiro atoms. The molecule has 0 saturated heterocycles. The molecule has 0 bridgehead atoms. The average Bonchev–Trinajstić information content (AvgIpc) is 2.46. The van der Waals surface area contributed by atoms with E-state index in [4.69, 9.17) is 24.7 Å². The van der Waals surface area contributed by atoms with Gasteiger partial charge in [-0.15, -0.1) is 0 Å². The second-order valence-corrected chi connectivity index (χ2v) is 5.03. The number of hydrogen-bond donors (Lipinski definition) is 1. The molecule has 1 aromatic carbocycles. The molecule has 2 rings (SSSR count). The molecule has 2 atom stereocenters. The normalized spacial score (nSPS) is 22.2. The lowest BCUT2D eigenvalue weighted by Crippen LogP contribution is -2.33. The van der Waals surface area contributed by atoms with Crippen LogP contribution in [0.3, 0.4) is 0 Å². The molecule has 0 radical (unpaired) electrons. The van der Waals surface area contributed by atoms with Crippen molar-refractivity contribution in [1.29, 1.82) is 0 Å². The minimum atomic E-state index is 0.154. The number of ether oxygens (including phenoxy) is 4. The molecule has 5 nitrogen and oxygen atoms in total. The molecule has 2 N–H and O–H groups in total. The van der Waals surface area contributed by atoms with E-state index in [0.717, 1.165) is 31.4 Å². The maximum absolute atomic E-state index is 6.01. The van der Waals surface area contributed by atoms with E-state index >= 15 is 0 Å². The van der Waals surface area contributed by atoms with E-state index in [0.29, 0.717) is 17.2 Å². The van der Waals surface area contributed by atoms with Crippen LogP contribution in [0.15, 0.2) is 12.1 Å². The lowest BCUT2D eigenvalue weighted by molar-refractivity contribution is 0.143. The third-order valence-corrected chi connectivity index (χ3v) is 3.61. The Bertz CT molecular complexity index is 424. The van der Waals surface area contributed by atoms with Gasteiger partial charge in [-0.25, -0.2) is 0 Å². The summed E-state index contributed by atoms with van der Waals surface area (Å²) in [5.74, 6) is 2.49. The molecule has 0 aromatic heterocycles. The van der Waals surface area contributed by atoms with Gasteiger partial charge in [0.15, 0.2) is 11.5 Å². The van der Waals surface area contributed by atoms with Crippen LogP contribution in [0, 0.1) is 0 Å². The largest absolute Gasteiger partial charge is 0.493 e. The summed E-state index contributed by atoms with van der Waals surface area (Å²) in [7, 11) is 4.77. The highest BCUT2D eigenvalue weighted by Gasteiger charge is 2.22. The summed E-state index contributed by atoms with van der Waals surface area (Å²) < 4.78 is 21.9. The van der Waals surface area contributed by atoms with Gasteiger partial charge >= 0.3 is 0 Å². The molecule has 1 fully saturated rings. The summed E-state index contributed by atoms with van der Waals surface area (Å²) in [5, 5.41) is 0. The lowest BCUT2D eigenvalue weighted by atomic mass is 9.93. The Kier molecular flexibility index (Phi) is 4.95. The van der Waals surface area contributed by atoms with Crippen molar-refractivity contribution < 1.29 is 18.9 Å². The van der Waals surface area contributed by atoms with Crippen LogP contribution in [-0.2, 0) is 0 Å². The third-order valence-electron chi connectivity index (χ3n) is 3.61. The summed E-state index contributed by atoms with van der Waals surface area (Å²) >= 11 is 0. The third kappa shape index (κ3) is 3.28. The zero-order chi connectivity index (χ0) is 14.5. The topological polar surface area (TPSA) is 62.9 Å². The molecule has 112 valence electrons. The Hall–Kier alpha value is -1.62. The molecule has 1 aliphatic carbocycles. The van der Waals surface area contributed by atoms with Crippen LogP contribution in [0.25, 0.3) is 0 Å². The van der Waals surface area contributed by atoms with Gasteiger partial charge in [-0.1, -0.05) is 0 Å². The molecule has 1 saturated carbocycles. The van der Waals surface area contributed by atoms with E-state index in [-0.39, 0.29) is 12.1 Å². The Balaban J connectivity index is 2.19. The summed E-state index contributed by atoms with van der Waals surface area (Å²) in [6.45, 7) is 0. The van der Waals surface area contributed by atoms with Gasteiger partial charge in [-0.05, 0) is 25.7 Å². The van der Waals surface area contributed by atoms with E-state index in [2.05, 4.69) is 0 Å². The Labute approximate surface area is 120 Å². The van der Waals surface area contributed by atoms with Gasteiger partial charge in [0.1, 0.15) is 11.9 Å². The molecule has 2 unspecified atom stereocenters. The zero-order valence-corrected chi connectivity index (χ0v) is 12.3. The highest BCUT2D eigenvalue weighted by atomic mass is 16.5. The monoisotopic (exact) mass is 281 g/mol. The van der Waals surface area contributed by atoms with E-state index in [1.54, 1.807) is 21.3 Å². The van der Waals surface area contributed by atoms with Gasteiger partial charge in [-0.2, -0.15) is 0 Å². The van der Waals surface area contributed by atoms with Crippen LogP contribution >= 0.6 is 0 Å². The van der Waals surface area contributed by atoms with Crippen molar-refractivity contribution in [3.63, 3.8) is 0 Å².